The average molecular weight is 480 g/mol. The van der Waals surface area contributed by atoms with Gasteiger partial charge in [0, 0.05) is 12.1 Å². The van der Waals surface area contributed by atoms with Gasteiger partial charge in [0.05, 0.1) is 11.6 Å². The van der Waals surface area contributed by atoms with Gasteiger partial charge in [0.2, 0.25) is 0 Å². The number of para-hydroxylation sites is 1. The monoisotopic (exact) mass is 479 g/mol. The molecule has 1 aliphatic heterocycles. The van der Waals surface area contributed by atoms with Crippen molar-refractivity contribution in [2.75, 3.05) is 0 Å². The second kappa shape index (κ2) is 9.88. The fourth-order valence-electron chi connectivity index (χ4n) is 4.31. The maximum absolute atomic E-state index is 13.5. The van der Waals surface area contributed by atoms with Gasteiger partial charge >= 0.3 is 0 Å². The van der Waals surface area contributed by atoms with Gasteiger partial charge in [0.15, 0.2) is 0 Å². The predicted octanol–water partition coefficient (Wildman–Crippen LogP) is 6.24. The average Bonchev–Trinajstić information content (AvgIpc) is 3.15. The van der Waals surface area contributed by atoms with Crippen LogP contribution in [0.4, 0.5) is 4.39 Å². The van der Waals surface area contributed by atoms with E-state index in [-0.39, 0.29) is 23.4 Å². The Kier molecular flexibility index (Phi) is 6.33. The molecule has 1 unspecified atom stereocenters. The van der Waals surface area contributed by atoms with Crippen molar-refractivity contribution in [2.45, 2.75) is 12.6 Å². The molecule has 36 heavy (non-hydrogen) atoms. The first kappa shape index (κ1) is 23.1. The number of aliphatic hydroxyl groups excluding tert-OH is 1. The second-order valence-electron chi connectivity index (χ2n) is 8.41. The molecular weight excluding hydrogens is 457 g/mol. The van der Waals surface area contributed by atoms with E-state index in [1.165, 1.54) is 29.2 Å². The van der Waals surface area contributed by atoms with Crippen molar-refractivity contribution < 1.29 is 23.8 Å². The van der Waals surface area contributed by atoms with Crippen molar-refractivity contribution >= 4 is 17.4 Å². The number of Topliss-reactive ketones (excluding diaryl/α,β-unsaturated/α-hetero) is 1. The summed E-state index contributed by atoms with van der Waals surface area (Å²) in [4.78, 5) is 27.9. The van der Waals surface area contributed by atoms with Crippen LogP contribution in [-0.2, 0) is 16.1 Å². The lowest BCUT2D eigenvalue weighted by Gasteiger charge is -2.26. The largest absolute Gasteiger partial charge is 0.507 e. The number of ether oxygens (including phenoxy) is 1. The number of nitrogens with zero attached hydrogens (tertiary/aromatic N) is 1. The number of likely N-dealkylation sites (tertiary alicyclic amines) is 1. The first-order valence-corrected chi connectivity index (χ1v) is 11.4. The number of rotatable bonds is 6. The summed E-state index contributed by atoms with van der Waals surface area (Å²) in [6, 6.07) is 29.9. The fourth-order valence-corrected chi connectivity index (χ4v) is 4.31. The first-order chi connectivity index (χ1) is 17.5. The third-order valence-corrected chi connectivity index (χ3v) is 6.01. The van der Waals surface area contributed by atoms with E-state index >= 15 is 0 Å². The zero-order chi connectivity index (χ0) is 25.1. The molecule has 1 atom stereocenters. The molecular formula is C30H22FNO4. The maximum atomic E-state index is 13.5. The highest BCUT2D eigenvalue weighted by Gasteiger charge is 2.46. The quantitative estimate of drug-likeness (QED) is 0.202. The van der Waals surface area contributed by atoms with Crippen LogP contribution in [0.1, 0.15) is 22.7 Å². The molecule has 1 fully saturated rings. The number of benzene rings is 4. The van der Waals surface area contributed by atoms with Crippen LogP contribution in [0.2, 0.25) is 0 Å². The van der Waals surface area contributed by atoms with Crippen LogP contribution < -0.4 is 4.74 Å². The van der Waals surface area contributed by atoms with Crippen molar-refractivity contribution in [3.8, 4) is 11.5 Å². The van der Waals surface area contributed by atoms with Gasteiger partial charge in [-0.2, -0.15) is 0 Å². The molecule has 0 radical (unpaired) electrons. The fraction of sp³-hybridized carbons (Fsp3) is 0.0667. The highest BCUT2D eigenvalue weighted by Crippen LogP contribution is 2.41. The molecule has 178 valence electrons. The molecule has 5 nitrogen and oxygen atoms in total. The number of carbonyl (C=O) groups is 2. The van der Waals surface area contributed by atoms with Crippen LogP contribution >= 0.6 is 0 Å². The molecule has 1 heterocycles. The van der Waals surface area contributed by atoms with Crippen molar-refractivity contribution in [3.05, 3.63) is 137 Å². The van der Waals surface area contributed by atoms with Gasteiger partial charge in [-0.1, -0.05) is 60.7 Å². The normalized spacial score (nSPS) is 16.8. The highest BCUT2D eigenvalue weighted by molar-refractivity contribution is 6.46. The van der Waals surface area contributed by atoms with Crippen molar-refractivity contribution in [3.63, 3.8) is 0 Å². The molecule has 4 aromatic carbocycles. The number of amides is 1. The Morgan fingerprint density at radius 1 is 0.806 bits per heavy atom. The van der Waals surface area contributed by atoms with E-state index in [1.54, 1.807) is 24.3 Å². The lowest BCUT2D eigenvalue weighted by Crippen LogP contribution is -2.29. The van der Waals surface area contributed by atoms with E-state index in [9.17, 15) is 19.1 Å². The Morgan fingerprint density at radius 3 is 2.14 bits per heavy atom. The van der Waals surface area contributed by atoms with Crippen LogP contribution in [0.15, 0.2) is 115 Å². The topological polar surface area (TPSA) is 66.8 Å². The molecule has 0 spiro atoms. The van der Waals surface area contributed by atoms with Gasteiger partial charge in [-0.05, 0) is 59.7 Å². The summed E-state index contributed by atoms with van der Waals surface area (Å²) in [6.07, 6.45) is 0. The van der Waals surface area contributed by atoms with Gasteiger partial charge in [0.25, 0.3) is 11.7 Å². The molecule has 0 aromatic heterocycles. The minimum Gasteiger partial charge on any atom is -0.507 e. The summed E-state index contributed by atoms with van der Waals surface area (Å²) in [7, 11) is 0. The number of hydrogen-bond acceptors (Lipinski definition) is 4. The standard InChI is InChI=1S/C30H22FNO4/c31-23-16-14-21(15-17-23)28(33)26-27(32(30(35)29(26)34)19-20-8-3-1-4-9-20)22-10-7-13-25(18-22)36-24-11-5-2-6-12-24/h1-18,27,33H,19H2/b28-26+. The number of hydrogen-bond donors (Lipinski definition) is 1. The Morgan fingerprint density at radius 2 is 1.44 bits per heavy atom. The van der Waals surface area contributed by atoms with E-state index in [4.69, 9.17) is 4.74 Å². The number of halogens is 1. The smallest absolute Gasteiger partial charge is 0.295 e. The van der Waals surface area contributed by atoms with Gasteiger partial charge in [0.1, 0.15) is 23.1 Å². The van der Waals surface area contributed by atoms with Crippen molar-refractivity contribution in [1.82, 2.24) is 4.90 Å². The molecule has 0 bridgehead atoms. The minimum atomic E-state index is -0.866. The number of aliphatic hydroxyl groups is 1. The minimum absolute atomic E-state index is 0.0561. The van der Waals surface area contributed by atoms with Crippen molar-refractivity contribution in [2.24, 2.45) is 0 Å². The molecule has 1 saturated heterocycles. The van der Waals surface area contributed by atoms with Gasteiger partial charge < -0.3 is 14.7 Å². The summed E-state index contributed by atoms with van der Waals surface area (Å²) in [6.45, 7) is 0.167. The SMILES string of the molecule is O=C1C(=O)N(Cc2ccccc2)C(c2cccc(Oc3ccccc3)c2)/C1=C(\O)c1ccc(F)cc1. The Labute approximate surface area is 207 Å². The summed E-state index contributed by atoms with van der Waals surface area (Å²) in [5, 5.41) is 11.1. The number of ketones is 1. The summed E-state index contributed by atoms with van der Waals surface area (Å²) < 4.78 is 19.5. The van der Waals surface area contributed by atoms with Gasteiger partial charge in [-0.15, -0.1) is 0 Å². The van der Waals surface area contributed by atoms with Crippen LogP contribution in [0.5, 0.6) is 11.5 Å². The zero-order valence-electron chi connectivity index (χ0n) is 19.2. The van der Waals surface area contributed by atoms with Crippen LogP contribution in [0.25, 0.3) is 5.76 Å². The maximum Gasteiger partial charge on any atom is 0.295 e. The molecule has 1 amide bonds. The van der Waals surface area contributed by atoms with Gasteiger partial charge in [-0.25, -0.2) is 4.39 Å². The molecule has 1 N–H and O–H groups in total. The van der Waals surface area contributed by atoms with E-state index in [1.807, 2.05) is 60.7 Å². The third-order valence-electron chi connectivity index (χ3n) is 6.01. The zero-order valence-corrected chi connectivity index (χ0v) is 19.2. The lowest BCUT2D eigenvalue weighted by molar-refractivity contribution is -0.140. The number of carbonyl (C=O) groups excluding carboxylic acids is 2. The Bertz CT molecular complexity index is 1430. The van der Waals surface area contributed by atoms with Crippen molar-refractivity contribution in [1.29, 1.82) is 0 Å². The predicted molar refractivity (Wildman–Crippen MR) is 134 cm³/mol. The molecule has 0 aliphatic carbocycles. The second-order valence-corrected chi connectivity index (χ2v) is 8.41. The summed E-state index contributed by atoms with van der Waals surface area (Å²) in [5.74, 6) is -1.19. The molecule has 0 saturated carbocycles. The van der Waals surface area contributed by atoms with E-state index in [2.05, 4.69) is 0 Å². The van der Waals surface area contributed by atoms with E-state index < -0.39 is 23.5 Å². The first-order valence-electron chi connectivity index (χ1n) is 11.4. The summed E-state index contributed by atoms with van der Waals surface area (Å²) >= 11 is 0. The van der Waals surface area contributed by atoms with Crippen LogP contribution in [-0.4, -0.2) is 21.7 Å². The molecule has 1 aliphatic rings. The van der Waals surface area contributed by atoms with E-state index in [0.717, 1.165) is 5.56 Å². The Balaban J connectivity index is 1.61. The highest BCUT2D eigenvalue weighted by atomic mass is 19.1. The molecule has 6 heteroatoms. The Hall–Kier alpha value is -4.71. The summed E-state index contributed by atoms with van der Waals surface area (Å²) in [5.41, 5.74) is 1.63. The molecule has 4 aromatic rings. The van der Waals surface area contributed by atoms with Gasteiger partial charge in [-0.3, -0.25) is 9.59 Å². The van der Waals surface area contributed by atoms with Crippen LogP contribution in [0.3, 0.4) is 0 Å². The lowest BCUT2D eigenvalue weighted by atomic mass is 9.95. The van der Waals surface area contributed by atoms with E-state index in [0.29, 0.717) is 17.1 Å². The van der Waals surface area contributed by atoms with Crippen LogP contribution in [0, 0.1) is 5.82 Å². The molecule has 5 rings (SSSR count). The third kappa shape index (κ3) is 4.61.